The first kappa shape index (κ1) is 48.6. The second kappa shape index (κ2) is 32.5. The van der Waals surface area contributed by atoms with Crippen molar-refractivity contribution in [2.75, 3.05) is 13.2 Å². The number of carbonyl (C=O) groups is 2. The van der Waals surface area contributed by atoms with E-state index in [4.69, 9.17) is 14.0 Å². The number of ether oxygens (including phenoxy) is 2. The summed E-state index contributed by atoms with van der Waals surface area (Å²) in [4.78, 5) is 40.5. The number of hydrogen-bond donors (Lipinski definition) is 1. The molecule has 0 aliphatic carbocycles. The minimum Gasteiger partial charge on any atom is -0.462 e. The Labute approximate surface area is 334 Å². The van der Waals surface area contributed by atoms with Crippen LogP contribution >= 0.6 is 7.60 Å². The van der Waals surface area contributed by atoms with Crippen LogP contribution in [-0.4, -0.2) is 41.1 Å². The van der Waals surface area contributed by atoms with Crippen molar-refractivity contribution in [3.63, 3.8) is 0 Å². The number of pyridine rings is 1. The van der Waals surface area contributed by atoms with Crippen molar-refractivity contribution in [1.29, 1.82) is 0 Å². The van der Waals surface area contributed by atoms with E-state index >= 15 is 0 Å². The van der Waals surface area contributed by atoms with Crippen LogP contribution in [0.5, 0.6) is 0 Å². The second-order valence-corrected chi connectivity index (χ2v) is 17.1. The fourth-order valence-corrected chi connectivity index (χ4v) is 7.71. The quantitative estimate of drug-likeness (QED) is 0.0314. The van der Waals surface area contributed by atoms with Gasteiger partial charge in [0.2, 0.25) is 0 Å². The lowest BCUT2D eigenvalue weighted by atomic mass is 10.0. The predicted octanol–water partition coefficient (Wildman–Crippen LogP) is 13.0. The van der Waals surface area contributed by atoms with Crippen LogP contribution in [0.4, 0.5) is 0 Å². The molecule has 0 aliphatic heterocycles. The predicted molar refractivity (Wildman–Crippen MR) is 228 cm³/mol. The Morgan fingerprint density at radius 3 is 1.64 bits per heavy atom. The van der Waals surface area contributed by atoms with Crippen molar-refractivity contribution in [3.8, 4) is 0 Å². The van der Waals surface area contributed by atoms with E-state index in [1.807, 2.05) is 12.1 Å². The van der Waals surface area contributed by atoms with E-state index in [1.54, 1.807) is 18.2 Å². The summed E-state index contributed by atoms with van der Waals surface area (Å²) in [6.45, 7) is 3.87. The molecule has 0 saturated carbocycles. The number of fused-ring (bicyclic) bond motifs is 1. The van der Waals surface area contributed by atoms with Crippen LogP contribution in [0.1, 0.15) is 194 Å². The zero-order chi connectivity index (χ0) is 39.7. The van der Waals surface area contributed by atoms with Crippen molar-refractivity contribution in [2.45, 2.75) is 200 Å². The lowest BCUT2D eigenvalue weighted by molar-refractivity contribution is -0.161. The molecule has 9 heteroatoms. The van der Waals surface area contributed by atoms with Gasteiger partial charge in [0.05, 0.1) is 12.1 Å². The Balaban J connectivity index is 1.70. The minimum absolute atomic E-state index is 0.0935. The van der Waals surface area contributed by atoms with Crippen molar-refractivity contribution in [3.05, 3.63) is 48.6 Å². The molecule has 2 rings (SSSR count). The smallest absolute Gasteiger partial charge is 0.377 e. The molecular weight excluding hydrogens is 709 g/mol. The lowest BCUT2D eigenvalue weighted by Gasteiger charge is -2.20. The van der Waals surface area contributed by atoms with Crippen molar-refractivity contribution in [1.82, 2.24) is 4.98 Å². The molecule has 1 aromatic carbocycles. The van der Waals surface area contributed by atoms with Crippen molar-refractivity contribution in [2.24, 2.45) is 0 Å². The summed E-state index contributed by atoms with van der Waals surface area (Å²) < 4.78 is 29.8. The first-order valence-corrected chi connectivity index (χ1v) is 23.8. The lowest BCUT2D eigenvalue weighted by Crippen LogP contribution is -2.30. The maximum absolute atomic E-state index is 13.2. The highest BCUT2D eigenvalue weighted by atomic mass is 31.2. The number of para-hydroxylation sites is 1. The van der Waals surface area contributed by atoms with Crippen LogP contribution in [0.3, 0.4) is 0 Å². The molecule has 0 amide bonds. The van der Waals surface area contributed by atoms with E-state index in [2.05, 4.69) is 31.0 Å². The van der Waals surface area contributed by atoms with Gasteiger partial charge < -0.3 is 18.9 Å². The number of hydrogen-bond acceptors (Lipinski definition) is 7. The van der Waals surface area contributed by atoms with Gasteiger partial charge in [-0.3, -0.25) is 14.2 Å². The highest BCUT2D eigenvalue weighted by Crippen LogP contribution is 2.40. The molecule has 0 aliphatic rings. The van der Waals surface area contributed by atoms with Crippen LogP contribution < -0.4 is 5.44 Å². The van der Waals surface area contributed by atoms with E-state index in [0.29, 0.717) is 11.9 Å². The first-order chi connectivity index (χ1) is 26.9. The number of allylic oxidation sites excluding steroid dienone is 2. The zero-order valence-electron chi connectivity index (χ0n) is 34.7. The maximum atomic E-state index is 13.2. The summed E-state index contributed by atoms with van der Waals surface area (Å²) >= 11 is 0. The van der Waals surface area contributed by atoms with Crippen LogP contribution in [0.25, 0.3) is 10.9 Å². The second-order valence-electron chi connectivity index (χ2n) is 15.3. The Morgan fingerprint density at radius 1 is 0.618 bits per heavy atom. The monoisotopic (exact) mass is 786 g/mol. The van der Waals surface area contributed by atoms with Gasteiger partial charge in [0.25, 0.3) is 0 Å². The Hall–Kier alpha value is -2.54. The standard InChI is InChI=1S/C46H76NO7P/c1-3-5-7-9-11-13-15-17-18-20-22-24-26-28-30-36-46(49)54-42(40-53-55(50,51)44-38-37-41-33-31-32-34-43(41)47-44)39-52-45(48)35-29-27-25-23-21-19-16-14-12-10-8-6-4-2/h17-18,31-34,37-38,42H,3-16,19-30,35-36,39-40H2,1-2H3,(H,50,51)/b18-17-/t42-/m1/s1. The number of nitrogens with zero attached hydrogens (tertiary/aromatic N) is 1. The molecule has 1 N–H and O–H groups in total. The molecule has 1 aromatic heterocycles. The molecule has 2 aromatic rings. The topological polar surface area (TPSA) is 112 Å². The highest BCUT2D eigenvalue weighted by Gasteiger charge is 2.28. The molecule has 0 fully saturated rings. The average molecular weight is 786 g/mol. The maximum Gasteiger partial charge on any atom is 0.377 e. The average Bonchev–Trinajstić information content (AvgIpc) is 3.19. The summed E-state index contributed by atoms with van der Waals surface area (Å²) in [6, 6.07) is 10.5. The van der Waals surface area contributed by atoms with Gasteiger partial charge in [0.15, 0.2) is 11.5 Å². The summed E-state index contributed by atoms with van der Waals surface area (Å²) in [5.74, 6) is -0.805. The van der Waals surface area contributed by atoms with Gasteiger partial charge in [-0.1, -0.05) is 179 Å². The molecule has 0 spiro atoms. The van der Waals surface area contributed by atoms with Crippen molar-refractivity contribution < 1.29 is 33.0 Å². The molecule has 0 radical (unpaired) electrons. The molecule has 2 atom stereocenters. The number of aromatic nitrogens is 1. The SMILES string of the molecule is CCCCCCCC/C=C\CCCCCCCC(=O)O[C@H](COC(=O)CCCCCCCCCCCCCCC)COP(=O)(O)c1ccc2ccccc2n1. The number of unbranched alkanes of at least 4 members (excludes halogenated alkanes) is 23. The van der Waals surface area contributed by atoms with E-state index in [0.717, 1.165) is 56.8 Å². The van der Waals surface area contributed by atoms with E-state index in [1.165, 1.54) is 115 Å². The van der Waals surface area contributed by atoms with Crippen LogP contribution in [0.2, 0.25) is 0 Å². The van der Waals surface area contributed by atoms with Crippen LogP contribution in [-0.2, 0) is 28.2 Å². The Bertz CT molecular complexity index is 1350. The van der Waals surface area contributed by atoms with Gasteiger partial charge >= 0.3 is 19.5 Å². The van der Waals surface area contributed by atoms with Crippen molar-refractivity contribution >= 4 is 35.9 Å². The molecule has 1 heterocycles. The van der Waals surface area contributed by atoms with Gasteiger partial charge in [0.1, 0.15) is 6.61 Å². The first-order valence-electron chi connectivity index (χ1n) is 22.2. The number of esters is 2. The normalized spacial score (nSPS) is 13.3. The fraction of sp³-hybridized carbons (Fsp3) is 0.717. The third kappa shape index (κ3) is 25.4. The van der Waals surface area contributed by atoms with Gasteiger partial charge in [-0.25, -0.2) is 4.98 Å². The minimum atomic E-state index is -4.34. The van der Waals surface area contributed by atoms with Crippen LogP contribution in [0.15, 0.2) is 48.6 Å². The Kier molecular flexibility index (Phi) is 28.8. The van der Waals surface area contributed by atoms with E-state index < -0.39 is 26.3 Å². The fourth-order valence-electron chi connectivity index (χ4n) is 6.71. The third-order valence-corrected chi connectivity index (χ3v) is 11.5. The number of carbonyl (C=O) groups excluding carboxylic acids is 2. The molecular formula is C46H76NO7P. The largest absolute Gasteiger partial charge is 0.462 e. The molecule has 55 heavy (non-hydrogen) atoms. The Morgan fingerprint density at radius 2 is 1.09 bits per heavy atom. The molecule has 0 saturated heterocycles. The van der Waals surface area contributed by atoms with E-state index in [9.17, 15) is 19.0 Å². The van der Waals surface area contributed by atoms with Gasteiger partial charge in [-0.05, 0) is 50.7 Å². The van der Waals surface area contributed by atoms with Gasteiger partial charge in [-0.2, -0.15) is 0 Å². The highest BCUT2D eigenvalue weighted by molar-refractivity contribution is 7.61. The zero-order valence-corrected chi connectivity index (χ0v) is 35.6. The summed E-state index contributed by atoms with van der Waals surface area (Å²) in [5, 5.41) is 0.837. The molecule has 0 bridgehead atoms. The van der Waals surface area contributed by atoms with Gasteiger partial charge in [0, 0.05) is 18.2 Å². The summed E-state index contributed by atoms with van der Waals surface area (Å²) in [6.07, 6.45) is 35.2. The number of benzene rings is 1. The van der Waals surface area contributed by atoms with Gasteiger partial charge in [-0.15, -0.1) is 0 Å². The summed E-state index contributed by atoms with van der Waals surface area (Å²) in [7, 11) is -4.34. The third-order valence-electron chi connectivity index (χ3n) is 10.2. The number of rotatable bonds is 36. The molecule has 8 nitrogen and oxygen atoms in total. The summed E-state index contributed by atoms with van der Waals surface area (Å²) in [5.41, 5.74) is 0.479. The van der Waals surface area contributed by atoms with E-state index in [-0.39, 0.29) is 30.9 Å². The molecule has 312 valence electrons. The molecule has 1 unspecified atom stereocenters. The van der Waals surface area contributed by atoms with Crippen LogP contribution in [0, 0.1) is 0 Å².